The monoisotopic (exact) mass is 331 g/mol. The van der Waals surface area contributed by atoms with E-state index in [0.29, 0.717) is 17.1 Å². The van der Waals surface area contributed by atoms with Crippen molar-refractivity contribution in [2.24, 2.45) is 0 Å². The molecule has 0 saturated heterocycles. The Morgan fingerprint density at radius 3 is 2.82 bits per heavy atom. The molecule has 0 radical (unpaired) electrons. The number of benzene rings is 1. The lowest BCUT2D eigenvalue weighted by molar-refractivity contribution is 0.0954. The Morgan fingerprint density at radius 1 is 1.27 bits per heavy atom. The number of hydrogen-bond acceptors (Lipinski definition) is 3. The molecule has 0 aliphatic heterocycles. The average molecular weight is 332 g/mol. The summed E-state index contributed by atoms with van der Waals surface area (Å²) in [5.74, 6) is -0.114. The Bertz CT molecular complexity index is 750. The molecule has 0 unspecified atom stereocenters. The Labute approximate surface area is 137 Å². The van der Waals surface area contributed by atoms with Gasteiger partial charge in [-0.2, -0.15) is 5.10 Å². The van der Waals surface area contributed by atoms with Gasteiger partial charge in [0.2, 0.25) is 0 Å². The molecule has 4 nitrogen and oxygen atoms in total. The standard InChI is InChI=1S/C16H14ClN3OS/c17-13-3-5-14(6-4-13)20-11-12(10-19-20)16(21)18-8-7-15-2-1-9-22-15/h1-6,9-11H,7-8H2,(H,18,21). The SMILES string of the molecule is O=C(NCCc1cccs1)c1cnn(-c2ccc(Cl)cc2)c1. The maximum Gasteiger partial charge on any atom is 0.254 e. The lowest BCUT2D eigenvalue weighted by atomic mass is 10.3. The van der Waals surface area contributed by atoms with Crippen molar-refractivity contribution in [3.63, 3.8) is 0 Å². The van der Waals surface area contributed by atoms with E-state index in [2.05, 4.69) is 16.5 Å². The molecule has 3 aromatic rings. The van der Waals surface area contributed by atoms with E-state index in [4.69, 9.17) is 11.6 Å². The number of amides is 1. The van der Waals surface area contributed by atoms with E-state index in [1.165, 1.54) is 4.88 Å². The van der Waals surface area contributed by atoms with Crippen molar-refractivity contribution >= 4 is 28.8 Å². The smallest absolute Gasteiger partial charge is 0.254 e. The van der Waals surface area contributed by atoms with Crippen LogP contribution in [0.3, 0.4) is 0 Å². The van der Waals surface area contributed by atoms with Gasteiger partial charge in [-0.1, -0.05) is 17.7 Å². The molecule has 6 heteroatoms. The molecule has 3 rings (SSSR count). The topological polar surface area (TPSA) is 46.9 Å². The van der Waals surface area contributed by atoms with E-state index in [0.717, 1.165) is 12.1 Å². The van der Waals surface area contributed by atoms with Gasteiger partial charge in [-0.25, -0.2) is 4.68 Å². The summed E-state index contributed by atoms with van der Waals surface area (Å²) in [4.78, 5) is 13.4. The fourth-order valence-corrected chi connectivity index (χ4v) is 2.87. The summed E-state index contributed by atoms with van der Waals surface area (Å²) in [6.07, 6.45) is 4.12. The molecule has 22 heavy (non-hydrogen) atoms. The van der Waals surface area contributed by atoms with Crippen LogP contribution in [0.1, 0.15) is 15.2 Å². The van der Waals surface area contributed by atoms with Crippen LogP contribution < -0.4 is 5.32 Å². The first-order valence-corrected chi connectivity index (χ1v) is 8.09. The fourth-order valence-electron chi connectivity index (χ4n) is 2.03. The summed E-state index contributed by atoms with van der Waals surface area (Å²) in [5.41, 5.74) is 1.41. The van der Waals surface area contributed by atoms with E-state index in [9.17, 15) is 4.79 Å². The highest BCUT2D eigenvalue weighted by Crippen LogP contribution is 2.13. The number of aromatic nitrogens is 2. The Morgan fingerprint density at radius 2 is 2.09 bits per heavy atom. The van der Waals surface area contributed by atoms with Crippen molar-refractivity contribution in [2.45, 2.75) is 6.42 Å². The second-order valence-electron chi connectivity index (χ2n) is 4.74. The molecule has 0 saturated carbocycles. The number of nitrogens with one attached hydrogen (secondary N) is 1. The molecule has 0 atom stereocenters. The fraction of sp³-hybridized carbons (Fsp3) is 0.125. The van der Waals surface area contributed by atoms with E-state index in [-0.39, 0.29) is 5.91 Å². The average Bonchev–Trinajstić information content (AvgIpc) is 3.19. The quantitative estimate of drug-likeness (QED) is 0.777. The van der Waals surface area contributed by atoms with E-state index < -0.39 is 0 Å². The van der Waals surface area contributed by atoms with Crippen LogP contribution in [0.4, 0.5) is 0 Å². The van der Waals surface area contributed by atoms with Gasteiger partial charge in [0.25, 0.3) is 5.91 Å². The van der Waals surface area contributed by atoms with Crippen LogP contribution in [0.15, 0.2) is 54.2 Å². The second-order valence-corrected chi connectivity index (χ2v) is 6.20. The Hall–Kier alpha value is -2.11. The molecule has 2 heterocycles. The van der Waals surface area contributed by atoms with Crippen LogP contribution >= 0.6 is 22.9 Å². The molecule has 0 spiro atoms. The van der Waals surface area contributed by atoms with Crippen molar-refractivity contribution in [2.75, 3.05) is 6.54 Å². The highest BCUT2D eigenvalue weighted by atomic mass is 35.5. The van der Waals surface area contributed by atoms with Gasteiger partial charge in [0.15, 0.2) is 0 Å². The third kappa shape index (κ3) is 3.55. The van der Waals surface area contributed by atoms with Crippen molar-refractivity contribution in [3.05, 3.63) is 69.6 Å². The predicted molar refractivity (Wildman–Crippen MR) is 88.9 cm³/mol. The van der Waals surface area contributed by atoms with Crippen molar-refractivity contribution < 1.29 is 4.79 Å². The number of carbonyl (C=O) groups excluding carboxylic acids is 1. The van der Waals surface area contributed by atoms with Crippen LogP contribution in [0, 0.1) is 0 Å². The molecule has 0 aliphatic carbocycles. The zero-order chi connectivity index (χ0) is 15.4. The van der Waals surface area contributed by atoms with Gasteiger partial charge < -0.3 is 5.32 Å². The third-order valence-electron chi connectivity index (χ3n) is 3.17. The first-order chi connectivity index (χ1) is 10.7. The molecule has 1 aromatic carbocycles. The number of nitrogens with zero attached hydrogens (tertiary/aromatic N) is 2. The summed E-state index contributed by atoms with van der Waals surface area (Å²) in [6.45, 7) is 0.617. The van der Waals surface area contributed by atoms with Gasteiger partial charge in [0, 0.05) is 22.6 Å². The Kier molecular flexibility index (Phi) is 4.56. The minimum absolute atomic E-state index is 0.114. The minimum Gasteiger partial charge on any atom is -0.352 e. The lowest BCUT2D eigenvalue weighted by Gasteiger charge is -2.02. The second kappa shape index (κ2) is 6.77. The summed E-state index contributed by atoms with van der Waals surface area (Å²) in [5, 5.41) is 9.82. The maximum absolute atomic E-state index is 12.1. The highest BCUT2D eigenvalue weighted by molar-refractivity contribution is 7.09. The summed E-state index contributed by atoms with van der Waals surface area (Å²) >= 11 is 7.56. The normalized spacial score (nSPS) is 10.6. The summed E-state index contributed by atoms with van der Waals surface area (Å²) < 4.78 is 1.66. The molecule has 0 fully saturated rings. The zero-order valence-electron chi connectivity index (χ0n) is 11.7. The Balaban J connectivity index is 1.60. The lowest BCUT2D eigenvalue weighted by Crippen LogP contribution is -2.25. The summed E-state index contributed by atoms with van der Waals surface area (Å²) in [7, 11) is 0. The van der Waals surface area contributed by atoms with Crippen LogP contribution in [0.25, 0.3) is 5.69 Å². The van der Waals surface area contributed by atoms with Crippen LogP contribution in [0.2, 0.25) is 5.02 Å². The van der Waals surface area contributed by atoms with Crippen molar-refractivity contribution in [1.29, 1.82) is 0 Å². The number of thiophene rings is 1. The molecule has 0 bridgehead atoms. The van der Waals surface area contributed by atoms with Crippen LogP contribution in [-0.2, 0) is 6.42 Å². The zero-order valence-corrected chi connectivity index (χ0v) is 13.3. The third-order valence-corrected chi connectivity index (χ3v) is 4.36. The molecular formula is C16H14ClN3OS. The van der Waals surface area contributed by atoms with Crippen LogP contribution in [-0.4, -0.2) is 22.2 Å². The van der Waals surface area contributed by atoms with Gasteiger partial charge in [-0.3, -0.25) is 4.79 Å². The van der Waals surface area contributed by atoms with Gasteiger partial charge in [-0.05, 0) is 42.1 Å². The van der Waals surface area contributed by atoms with Gasteiger partial charge in [0.1, 0.15) is 0 Å². The molecular weight excluding hydrogens is 318 g/mol. The maximum atomic E-state index is 12.1. The highest BCUT2D eigenvalue weighted by Gasteiger charge is 2.09. The van der Waals surface area contributed by atoms with Crippen molar-refractivity contribution in [3.8, 4) is 5.69 Å². The number of halogens is 1. The van der Waals surface area contributed by atoms with E-state index >= 15 is 0 Å². The largest absolute Gasteiger partial charge is 0.352 e. The number of hydrogen-bond donors (Lipinski definition) is 1. The molecule has 1 N–H and O–H groups in total. The molecule has 0 aliphatic rings. The first kappa shape index (κ1) is 14.8. The van der Waals surface area contributed by atoms with Gasteiger partial charge >= 0.3 is 0 Å². The molecule has 112 valence electrons. The first-order valence-electron chi connectivity index (χ1n) is 6.83. The number of rotatable bonds is 5. The van der Waals surface area contributed by atoms with Gasteiger partial charge in [-0.15, -0.1) is 11.3 Å². The van der Waals surface area contributed by atoms with Crippen LogP contribution in [0.5, 0.6) is 0 Å². The number of carbonyl (C=O) groups is 1. The molecule has 1 amide bonds. The minimum atomic E-state index is -0.114. The molecule has 2 aromatic heterocycles. The van der Waals surface area contributed by atoms with Crippen molar-refractivity contribution in [1.82, 2.24) is 15.1 Å². The van der Waals surface area contributed by atoms with E-state index in [1.54, 1.807) is 40.5 Å². The summed E-state index contributed by atoms with van der Waals surface area (Å²) in [6, 6.07) is 11.4. The predicted octanol–water partition coefficient (Wildman–Crippen LogP) is 3.56. The van der Waals surface area contributed by atoms with E-state index in [1.807, 2.05) is 23.6 Å². The van der Waals surface area contributed by atoms with Gasteiger partial charge in [0.05, 0.1) is 17.4 Å².